The molecule has 3 fully saturated rings. The largest absolute Gasteiger partial charge is 0.355 e. The third kappa shape index (κ3) is 3.29. The fourth-order valence-electron chi connectivity index (χ4n) is 3.99. The standard InChI is InChI=1S/C18H24N4O2/c23-16-8-18(11-20-16)12-21(10-14-3-4-14)6-7-22(13-18)17(24)15-2-1-5-19-9-15/h1-2,5,9,14H,3-4,6-8,10-13H2,(H,20,23). The maximum Gasteiger partial charge on any atom is 0.255 e. The Morgan fingerprint density at radius 2 is 2.21 bits per heavy atom. The lowest BCUT2D eigenvalue weighted by molar-refractivity contribution is -0.119. The van der Waals surface area contributed by atoms with Crippen LogP contribution in [-0.4, -0.2) is 65.9 Å². The third-order valence-corrected chi connectivity index (χ3v) is 5.38. The molecule has 0 bridgehead atoms. The Kier molecular flexibility index (Phi) is 4.00. The molecule has 2 saturated heterocycles. The van der Waals surface area contributed by atoms with Crippen LogP contribution in [0.25, 0.3) is 0 Å². The van der Waals surface area contributed by atoms with E-state index in [9.17, 15) is 9.59 Å². The van der Waals surface area contributed by atoms with Gasteiger partial charge in [0.1, 0.15) is 0 Å². The SMILES string of the molecule is O=C1CC2(CN1)CN(CC1CC1)CCN(C(=O)c1cccnc1)C2. The second-order valence-electron chi connectivity index (χ2n) is 7.60. The Balaban J connectivity index is 1.54. The van der Waals surface area contributed by atoms with Crippen molar-refractivity contribution in [1.82, 2.24) is 20.1 Å². The summed E-state index contributed by atoms with van der Waals surface area (Å²) in [4.78, 5) is 33.2. The number of rotatable bonds is 3. The molecular weight excluding hydrogens is 304 g/mol. The van der Waals surface area contributed by atoms with Crippen molar-refractivity contribution in [2.24, 2.45) is 11.3 Å². The van der Waals surface area contributed by atoms with Gasteiger partial charge in [0.15, 0.2) is 0 Å². The molecular formula is C18H24N4O2. The number of pyridine rings is 1. The zero-order valence-corrected chi connectivity index (χ0v) is 13.9. The van der Waals surface area contributed by atoms with Gasteiger partial charge in [-0.1, -0.05) is 0 Å². The number of amides is 2. The molecule has 0 aromatic carbocycles. The van der Waals surface area contributed by atoms with Gasteiger partial charge in [-0.25, -0.2) is 0 Å². The van der Waals surface area contributed by atoms with Crippen molar-refractivity contribution in [2.45, 2.75) is 19.3 Å². The van der Waals surface area contributed by atoms with Crippen molar-refractivity contribution in [1.29, 1.82) is 0 Å². The minimum absolute atomic E-state index is 0.0232. The molecule has 6 nitrogen and oxygen atoms in total. The van der Waals surface area contributed by atoms with E-state index >= 15 is 0 Å². The first-order valence-corrected chi connectivity index (χ1v) is 8.82. The highest BCUT2D eigenvalue weighted by molar-refractivity contribution is 5.94. The van der Waals surface area contributed by atoms with Crippen LogP contribution >= 0.6 is 0 Å². The van der Waals surface area contributed by atoms with Crippen LogP contribution in [0.1, 0.15) is 29.6 Å². The van der Waals surface area contributed by atoms with Crippen molar-refractivity contribution in [3.8, 4) is 0 Å². The van der Waals surface area contributed by atoms with Crippen LogP contribution in [0.5, 0.6) is 0 Å². The number of nitrogens with zero attached hydrogens (tertiary/aromatic N) is 3. The predicted octanol–water partition coefficient (Wildman–Crippen LogP) is 0.756. The quantitative estimate of drug-likeness (QED) is 0.889. The zero-order valence-electron chi connectivity index (χ0n) is 13.9. The van der Waals surface area contributed by atoms with Gasteiger partial charge in [-0.2, -0.15) is 0 Å². The molecule has 4 rings (SSSR count). The molecule has 1 aromatic heterocycles. The van der Waals surface area contributed by atoms with Crippen LogP contribution in [0, 0.1) is 11.3 Å². The molecule has 3 heterocycles. The molecule has 2 aliphatic heterocycles. The second-order valence-corrected chi connectivity index (χ2v) is 7.60. The van der Waals surface area contributed by atoms with Gasteiger partial charge in [0.25, 0.3) is 5.91 Å². The Labute approximate surface area is 142 Å². The molecule has 1 unspecified atom stereocenters. The maximum absolute atomic E-state index is 12.9. The summed E-state index contributed by atoms with van der Waals surface area (Å²) in [5.74, 6) is 0.944. The van der Waals surface area contributed by atoms with Crippen LogP contribution in [0.3, 0.4) is 0 Å². The minimum atomic E-state index is -0.152. The third-order valence-electron chi connectivity index (χ3n) is 5.38. The average molecular weight is 328 g/mol. The van der Waals surface area contributed by atoms with Crippen molar-refractivity contribution in [3.05, 3.63) is 30.1 Å². The van der Waals surface area contributed by atoms with Gasteiger partial charge < -0.3 is 15.1 Å². The van der Waals surface area contributed by atoms with Crippen LogP contribution in [0.2, 0.25) is 0 Å². The van der Waals surface area contributed by atoms with Gasteiger partial charge in [-0.05, 0) is 30.9 Å². The molecule has 24 heavy (non-hydrogen) atoms. The summed E-state index contributed by atoms with van der Waals surface area (Å²) in [7, 11) is 0. The molecule has 1 aromatic rings. The van der Waals surface area contributed by atoms with Gasteiger partial charge in [0, 0.05) is 63.5 Å². The van der Waals surface area contributed by atoms with E-state index in [1.54, 1.807) is 18.5 Å². The summed E-state index contributed by atoms with van der Waals surface area (Å²) in [6.07, 6.45) is 6.46. The highest BCUT2D eigenvalue weighted by atomic mass is 16.2. The van der Waals surface area contributed by atoms with Gasteiger partial charge in [-0.15, -0.1) is 0 Å². The highest BCUT2D eigenvalue weighted by Gasteiger charge is 2.44. The van der Waals surface area contributed by atoms with E-state index in [0.29, 0.717) is 25.1 Å². The Morgan fingerprint density at radius 1 is 1.33 bits per heavy atom. The fourth-order valence-corrected chi connectivity index (χ4v) is 3.99. The van der Waals surface area contributed by atoms with E-state index in [1.165, 1.54) is 12.8 Å². The molecule has 1 aliphatic carbocycles. The molecule has 3 aliphatic rings. The van der Waals surface area contributed by atoms with E-state index in [2.05, 4.69) is 15.2 Å². The molecule has 2 amide bonds. The Bertz CT molecular complexity index is 631. The lowest BCUT2D eigenvalue weighted by Gasteiger charge is -2.32. The van der Waals surface area contributed by atoms with Crippen molar-refractivity contribution >= 4 is 11.8 Å². The number of carbonyl (C=O) groups excluding carboxylic acids is 2. The molecule has 1 N–H and O–H groups in total. The van der Waals surface area contributed by atoms with Gasteiger partial charge in [-0.3, -0.25) is 14.6 Å². The summed E-state index contributed by atoms with van der Waals surface area (Å²) < 4.78 is 0. The van der Waals surface area contributed by atoms with Crippen molar-refractivity contribution in [2.75, 3.05) is 39.3 Å². The Morgan fingerprint density at radius 3 is 2.88 bits per heavy atom. The molecule has 0 radical (unpaired) electrons. The summed E-state index contributed by atoms with van der Waals surface area (Å²) in [6, 6.07) is 3.60. The topological polar surface area (TPSA) is 65.5 Å². The Hall–Kier alpha value is -1.95. The van der Waals surface area contributed by atoms with Crippen LogP contribution in [0.15, 0.2) is 24.5 Å². The molecule has 6 heteroatoms. The maximum atomic E-state index is 12.9. The lowest BCUT2D eigenvalue weighted by atomic mass is 9.85. The van der Waals surface area contributed by atoms with E-state index in [-0.39, 0.29) is 17.2 Å². The van der Waals surface area contributed by atoms with Gasteiger partial charge in [0.05, 0.1) is 5.56 Å². The lowest BCUT2D eigenvalue weighted by Crippen LogP contribution is -2.44. The highest BCUT2D eigenvalue weighted by Crippen LogP contribution is 2.35. The first-order chi connectivity index (χ1) is 11.6. The molecule has 128 valence electrons. The molecule has 1 atom stereocenters. The summed E-state index contributed by atoms with van der Waals surface area (Å²) in [6.45, 7) is 4.92. The number of aromatic nitrogens is 1. The van der Waals surface area contributed by atoms with E-state index < -0.39 is 0 Å². The molecule has 1 saturated carbocycles. The fraction of sp³-hybridized carbons (Fsp3) is 0.611. The minimum Gasteiger partial charge on any atom is -0.355 e. The monoisotopic (exact) mass is 328 g/mol. The van der Waals surface area contributed by atoms with Crippen LogP contribution in [0.4, 0.5) is 0 Å². The predicted molar refractivity (Wildman–Crippen MR) is 89.4 cm³/mol. The first-order valence-electron chi connectivity index (χ1n) is 8.82. The number of carbonyl (C=O) groups is 2. The second kappa shape index (κ2) is 6.16. The molecule has 1 spiro atoms. The van der Waals surface area contributed by atoms with E-state index in [0.717, 1.165) is 32.1 Å². The van der Waals surface area contributed by atoms with Gasteiger partial charge >= 0.3 is 0 Å². The average Bonchev–Trinajstić information content (AvgIpc) is 3.35. The van der Waals surface area contributed by atoms with E-state index in [1.807, 2.05) is 11.0 Å². The van der Waals surface area contributed by atoms with Crippen molar-refractivity contribution < 1.29 is 9.59 Å². The summed E-state index contributed by atoms with van der Waals surface area (Å²) in [5, 5.41) is 2.98. The van der Waals surface area contributed by atoms with Crippen molar-refractivity contribution in [3.63, 3.8) is 0 Å². The van der Waals surface area contributed by atoms with Crippen LogP contribution in [-0.2, 0) is 4.79 Å². The smallest absolute Gasteiger partial charge is 0.255 e. The van der Waals surface area contributed by atoms with E-state index in [4.69, 9.17) is 0 Å². The number of hydrogen-bond acceptors (Lipinski definition) is 4. The normalized spacial score (nSPS) is 28.0. The van der Waals surface area contributed by atoms with Crippen LogP contribution < -0.4 is 5.32 Å². The summed E-state index contributed by atoms with van der Waals surface area (Å²) in [5.41, 5.74) is 0.473. The first kappa shape index (κ1) is 15.6. The number of hydrogen-bond donors (Lipinski definition) is 1. The zero-order chi connectivity index (χ0) is 16.6. The number of nitrogens with one attached hydrogen (secondary N) is 1. The van der Waals surface area contributed by atoms with Gasteiger partial charge in [0.2, 0.25) is 5.91 Å². The summed E-state index contributed by atoms with van der Waals surface area (Å²) >= 11 is 0.